The largest absolute Gasteiger partial charge is 0.481 e. The van der Waals surface area contributed by atoms with Crippen molar-refractivity contribution in [2.24, 2.45) is 11.8 Å². The van der Waals surface area contributed by atoms with Crippen molar-refractivity contribution in [3.63, 3.8) is 0 Å². The Bertz CT molecular complexity index is 703. The van der Waals surface area contributed by atoms with Gasteiger partial charge in [0.25, 0.3) is 11.6 Å². The average molecular weight is 396 g/mol. The fourth-order valence-electron chi connectivity index (χ4n) is 3.04. The first kappa shape index (κ1) is 21.2. The monoisotopic (exact) mass is 396 g/mol. The summed E-state index contributed by atoms with van der Waals surface area (Å²) in [5, 5.41) is 23.4. The Morgan fingerprint density at radius 3 is 2.59 bits per heavy atom. The van der Waals surface area contributed by atoms with Crippen LogP contribution in [0.25, 0.3) is 0 Å². The molecule has 27 heavy (non-hydrogen) atoms. The minimum absolute atomic E-state index is 0.0205. The number of non-ortho nitro benzene ring substituents is 1. The molecule has 0 aliphatic carbocycles. The van der Waals surface area contributed by atoms with E-state index in [1.54, 1.807) is 6.07 Å². The van der Waals surface area contributed by atoms with E-state index in [9.17, 15) is 24.8 Å². The topological polar surface area (TPSA) is 119 Å². The molecule has 9 heteroatoms. The van der Waals surface area contributed by atoms with Crippen LogP contribution in [0.15, 0.2) is 23.1 Å². The van der Waals surface area contributed by atoms with Crippen molar-refractivity contribution in [3.05, 3.63) is 33.9 Å². The highest BCUT2D eigenvalue weighted by atomic mass is 32.2. The molecule has 1 aliphatic heterocycles. The van der Waals surface area contributed by atoms with Crippen LogP contribution in [0.4, 0.5) is 5.69 Å². The van der Waals surface area contributed by atoms with E-state index in [2.05, 4.69) is 5.32 Å². The minimum atomic E-state index is -0.960. The molecule has 0 aromatic heterocycles. The summed E-state index contributed by atoms with van der Waals surface area (Å²) in [4.78, 5) is 35.4. The van der Waals surface area contributed by atoms with Crippen LogP contribution >= 0.6 is 11.8 Å². The number of nitrogens with zero attached hydrogens (tertiary/aromatic N) is 1. The van der Waals surface area contributed by atoms with Crippen LogP contribution in [-0.4, -0.2) is 46.9 Å². The summed E-state index contributed by atoms with van der Waals surface area (Å²) in [6.45, 7) is 4.93. The van der Waals surface area contributed by atoms with Crippen molar-refractivity contribution >= 4 is 29.3 Å². The average Bonchev–Trinajstić information content (AvgIpc) is 2.62. The van der Waals surface area contributed by atoms with Crippen LogP contribution < -0.4 is 5.32 Å². The van der Waals surface area contributed by atoms with Gasteiger partial charge in [-0.05, 0) is 24.8 Å². The highest BCUT2D eigenvalue weighted by Gasteiger charge is 2.30. The fourth-order valence-corrected chi connectivity index (χ4v) is 3.97. The van der Waals surface area contributed by atoms with Crippen molar-refractivity contribution in [3.8, 4) is 0 Å². The molecule has 148 valence electrons. The molecule has 0 saturated carbocycles. The molecule has 0 bridgehead atoms. The maximum Gasteiger partial charge on any atom is 0.308 e. The standard InChI is InChI=1S/C18H24N2O6S/c1-11(2)27-16-4-3-13(20(24)25)9-14(16)17(21)19-10-15(18(22)23)12-5-7-26-8-6-12/h3-4,9,11-12,15H,5-8,10H2,1-2H3,(H,19,21)(H,22,23). The fraction of sp³-hybridized carbons (Fsp3) is 0.556. The van der Waals surface area contributed by atoms with E-state index in [4.69, 9.17) is 4.74 Å². The van der Waals surface area contributed by atoms with Crippen LogP contribution in [-0.2, 0) is 9.53 Å². The molecule has 2 N–H and O–H groups in total. The minimum Gasteiger partial charge on any atom is -0.481 e. The van der Waals surface area contributed by atoms with E-state index in [0.717, 1.165) is 0 Å². The molecule has 1 aromatic rings. The van der Waals surface area contributed by atoms with E-state index in [1.807, 2.05) is 13.8 Å². The van der Waals surface area contributed by atoms with Gasteiger partial charge in [0.05, 0.1) is 16.4 Å². The maximum atomic E-state index is 12.7. The molecule has 1 aliphatic rings. The molecule has 1 saturated heterocycles. The number of hydrogen-bond acceptors (Lipinski definition) is 6. The molecule has 0 spiro atoms. The Balaban J connectivity index is 2.16. The number of hydrogen-bond donors (Lipinski definition) is 2. The predicted molar refractivity (Wildman–Crippen MR) is 101 cm³/mol. The van der Waals surface area contributed by atoms with Gasteiger partial charge in [-0.15, -0.1) is 11.8 Å². The van der Waals surface area contributed by atoms with Crippen LogP contribution in [0.1, 0.15) is 37.0 Å². The van der Waals surface area contributed by atoms with Gasteiger partial charge in [0.1, 0.15) is 0 Å². The predicted octanol–water partition coefficient (Wildman–Crippen LogP) is 2.95. The lowest BCUT2D eigenvalue weighted by molar-refractivity contribution is -0.384. The molecule has 0 radical (unpaired) electrons. The number of nitro benzene ring substituents is 1. The molecule has 2 rings (SSSR count). The zero-order chi connectivity index (χ0) is 20.0. The molecule has 1 unspecified atom stereocenters. The molecule has 1 atom stereocenters. The van der Waals surface area contributed by atoms with Crippen molar-refractivity contribution in [1.82, 2.24) is 5.32 Å². The van der Waals surface area contributed by atoms with Crippen molar-refractivity contribution in [2.45, 2.75) is 36.8 Å². The summed E-state index contributed by atoms with van der Waals surface area (Å²) in [7, 11) is 0. The third-order valence-electron chi connectivity index (χ3n) is 4.42. The number of nitrogens with one attached hydrogen (secondary N) is 1. The Morgan fingerprint density at radius 1 is 1.37 bits per heavy atom. The number of thioether (sulfide) groups is 1. The second-order valence-electron chi connectivity index (χ2n) is 6.71. The molecular weight excluding hydrogens is 372 g/mol. The van der Waals surface area contributed by atoms with Crippen molar-refractivity contribution < 1.29 is 24.4 Å². The van der Waals surface area contributed by atoms with Gasteiger partial charge in [-0.3, -0.25) is 19.7 Å². The number of amides is 1. The van der Waals surface area contributed by atoms with Gasteiger partial charge in [-0.2, -0.15) is 0 Å². The maximum absolute atomic E-state index is 12.7. The smallest absolute Gasteiger partial charge is 0.308 e. The normalized spacial score (nSPS) is 16.1. The number of carboxylic acid groups (broad SMARTS) is 1. The number of carbonyl (C=O) groups excluding carboxylic acids is 1. The number of aliphatic carboxylic acids is 1. The highest BCUT2D eigenvalue weighted by molar-refractivity contribution is 8.00. The number of benzene rings is 1. The van der Waals surface area contributed by atoms with E-state index in [1.165, 1.54) is 23.9 Å². The number of carbonyl (C=O) groups is 2. The Morgan fingerprint density at radius 2 is 2.04 bits per heavy atom. The zero-order valence-corrected chi connectivity index (χ0v) is 16.2. The van der Waals surface area contributed by atoms with E-state index < -0.39 is 22.7 Å². The van der Waals surface area contributed by atoms with Crippen molar-refractivity contribution in [2.75, 3.05) is 19.8 Å². The lowest BCUT2D eigenvalue weighted by atomic mass is 9.86. The van der Waals surface area contributed by atoms with Crippen LogP contribution in [0.2, 0.25) is 0 Å². The van der Waals surface area contributed by atoms with Gasteiger partial charge in [-0.25, -0.2) is 0 Å². The first-order valence-corrected chi connectivity index (χ1v) is 9.71. The summed E-state index contributed by atoms with van der Waals surface area (Å²) < 4.78 is 5.27. The van der Waals surface area contributed by atoms with Gasteiger partial charge in [0.15, 0.2) is 0 Å². The second-order valence-corrected chi connectivity index (χ2v) is 8.33. The molecular formula is C18H24N2O6S. The summed E-state index contributed by atoms with van der Waals surface area (Å²) >= 11 is 1.43. The SMILES string of the molecule is CC(C)Sc1ccc([N+](=O)[O-])cc1C(=O)NCC(C(=O)O)C1CCOCC1. The van der Waals surface area contributed by atoms with Crippen molar-refractivity contribution in [1.29, 1.82) is 0 Å². The van der Waals surface area contributed by atoms with Crippen LogP contribution in [0.3, 0.4) is 0 Å². The van der Waals surface area contributed by atoms with Gasteiger partial charge in [0.2, 0.25) is 0 Å². The Kier molecular flexibility index (Phi) is 7.61. The first-order valence-electron chi connectivity index (χ1n) is 8.83. The summed E-state index contributed by atoms with van der Waals surface area (Å²) in [5.74, 6) is -2.23. The highest BCUT2D eigenvalue weighted by Crippen LogP contribution is 2.30. The number of carboxylic acids is 1. The zero-order valence-electron chi connectivity index (χ0n) is 15.3. The third kappa shape index (κ3) is 5.93. The number of rotatable bonds is 8. The summed E-state index contributed by atoms with van der Waals surface area (Å²) in [6, 6.07) is 4.17. The quantitative estimate of drug-likeness (QED) is 0.394. The number of ether oxygens (including phenoxy) is 1. The molecule has 1 heterocycles. The lowest BCUT2D eigenvalue weighted by Gasteiger charge is -2.27. The van der Waals surface area contributed by atoms with Crippen LogP contribution in [0, 0.1) is 22.0 Å². The third-order valence-corrected chi connectivity index (χ3v) is 5.50. The second kappa shape index (κ2) is 9.70. The van der Waals surface area contributed by atoms with E-state index in [-0.39, 0.29) is 29.0 Å². The van der Waals surface area contributed by atoms with Gasteiger partial charge < -0.3 is 15.2 Å². The molecule has 1 amide bonds. The Hall–Kier alpha value is -2.13. The van der Waals surface area contributed by atoms with Gasteiger partial charge >= 0.3 is 5.97 Å². The first-order chi connectivity index (χ1) is 12.8. The summed E-state index contributed by atoms with van der Waals surface area (Å²) in [5.41, 5.74) is 0.0199. The number of nitro groups is 1. The van der Waals surface area contributed by atoms with Gasteiger partial charge in [-0.1, -0.05) is 13.8 Å². The Labute approximate surface area is 161 Å². The molecule has 1 aromatic carbocycles. The molecule has 1 fully saturated rings. The van der Waals surface area contributed by atoms with E-state index >= 15 is 0 Å². The van der Waals surface area contributed by atoms with E-state index in [0.29, 0.717) is 31.0 Å². The van der Waals surface area contributed by atoms with Gasteiger partial charge in [0, 0.05) is 42.0 Å². The lowest BCUT2D eigenvalue weighted by Crippen LogP contribution is -2.39. The molecule has 8 nitrogen and oxygen atoms in total. The summed E-state index contributed by atoms with van der Waals surface area (Å²) in [6.07, 6.45) is 1.27. The van der Waals surface area contributed by atoms with Crippen LogP contribution in [0.5, 0.6) is 0 Å².